The Labute approximate surface area is 169 Å². The van der Waals surface area contributed by atoms with Gasteiger partial charge >= 0.3 is 0 Å². The van der Waals surface area contributed by atoms with Crippen LogP contribution < -0.4 is 15.0 Å². The van der Waals surface area contributed by atoms with Gasteiger partial charge in [-0.2, -0.15) is 0 Å². The van der Waals surface area contributed by atoms with Crippen molar-refractivity contribution in [1.82, 2.24) is 4.98 Å². The molecule has 0 atom stereocenters. The van der Waals surface area contributed by atoms with E-state index in [0.29, 0.717) is 28.6 Å². The molecule has 0 saturated carbocycles. The fraction of sp³-hybridized carbons (Fsp3) is 0.381. The summed E-state index contributed by atoms with van der Waals surface area (Å²) in [5.74, 6) is 0.416. The van der Waals surface area contributed by atoms with Crippen LogP contribution in [-0.2, 0) is 4.79 Å². The van der Waals surface area contributed by atoms with Gasteiger partial charge in [-0.3, -0.25) is 9.59 Å². The average molecular weight is 400 g/mol. The quantitative estimate of drug-likeness (QED) is 0.763. The van der Waals surface area contributed by atoms with E-state index in [1.165, 1.54) is 11.8 Å². The topological polar surface area (TPSA) is 71.5 Å². The van der Waals surface area contributed by atoms with Gasteiger partial charge in [0.25, 0.3) is 5.91 Å². The number of aromatic nitrogens is 1. The highest BCUT2D eigenvalue weighted by molar-refractivity contribution is 7.98. The van der Waals surface area contributed by atoms with Crippen LogP contribution in [0.15, 0.2) is 41.6 Å². The Bertz CT molecular complexity index is 898. The van der Waals surface area contributed by atoms with Crippen molar-refractivity contribution in [3.8, 4) is 5.75 Å². The average Bonchev–Trinajstić information content (AvgIpc) is 2.78. The van der Waals surface area contributed by atoms with Gasteiger partial charge in [-0.25, -0.2) is 4.98 Å². The van der Waals surface area contributed by atoms with E-state index in [1.807, 2.05) is 33.1 Å². The fourth-order valence-corrected chi connectivity index (χ4v) is 3.64. The van der Waals surface area contributed by atoms with Gasteiger partial charge in [-0.1, -0.05) is 6.92 Å². The molecular weight excluding hydrogens is 374 g/mol. The Morgan fingerprint density at radius 1 is 1.36 bits per heavy atom. The number of benzene rings is 1. The van der Waals surface area contributed by atoms with Crippen LogP contribution in [0.3, 0.4) is 0 Å². The van der Waals surface area contributed by atoms with Crippen molar-refractivity contribution >= 4 is 35.0 Å². The number of carbonyl (C=O) groups is 2. The summed E-state index contributed by atoms with van der Waals surface area (Å²) in [6.45, 7) is 6.72. The molecule has 1 aliphatic rings. The van der Waals surface area contributed by atoms with Gasteiger partial charge in [0, 0.05) is 24.5 Å². The monoisotopic (exact) mass is 399 g/mol. The molecule has 2 aromatic rings. The Balaban J connectivity index is 1.90. The predicted molar refractivity (Wildman–Crippen MR) is 112 cm³/mol. The van der Waals surface area contributed by atoms with Gasteiger partial charge in [-0.05, 0) is 50.8 Å². The summed E-state index contributed by atoms with van der Waals surface area (Å²) >= 11 is 1.42. The maximum atomic E-state index is 12.9. The molecule has 0 unspecified atom stereocenters. The maximum Gasteiger partial charge on any atom is 0.258 e. The summed E-state index contributed by atoms with van der Waals surface area (Å²) in [5, 5.41) is 3.58. The number of amides is 2. The van der Waals surface area contributed by atoms with Gasteiger partial charge in [0.15, 0.2) is 0 Å². The van der Waals surface area contributed by atoms with E-state index in [1.54, 1.807) is 35.4 Å². The van der Waals surface area contributed by atoms with Crippen molar-refractivity contribution in [2.24, 2.45) is 5.41 Å². The SMILES string of the molecule is CCCN1C(=O)C(C)(C)COc2cc(NC(=O)c3cccnc3SC)ccc21. The number of hydrogen-bond donors (Lipinski definition) is 1. The second kappa shape index (κ2) is 8.22. The van der Waals surface area contributed by atoms with E-state index < -0.39 is 5.41 Å². The lowest BCUT2D eigenvalue weighted by atomic mass is 9.93. The van der Waals surface area contributed by atoms with Crippen molar-refractivity contribution in [2.75, 3.05) is 29.6 Å². The molecule has 1 aromatic heterocycles. The van der Waals surface area contributed by atoms with Crippen molar-refractivity contribution in [1.29, 1.82) is 0 Å². The van der Waals surface area contributed by atoms with Crippen LogP contribution in [0, 0.1) is 5.41 Å². The van der Waals surface area contributed by atoms with Crippen molar-refractivity contribution in [3.05, 3.63) is 42.1 Å². The number of ether oxygens (including phenoxy) is 1. The molecular formula is C21H25N3O3S. The van der Waals surface area contributed by atoms with Crippen molar-refractivity contribution in [3.63, 3.8) is 0 Å². The van der Waals surface area contributed by atoms with Crippen LogP contribution in [0.25, 0.3) is 0 Å². The van der Waals surface area contributed by atoms with Crippen molar-refractivity contribution in [2.45, 2.75) is 32.2 Å². The Hall–Kier alpha value is -2.54. The number of hydrogen-bond acceptors (Lipinski definition) is 5. The molecule has 0 saturated heterocycles. The molecule has 0 aliphatic carbocycles. The van der Waals surface area contributed by atoms with Gasteiger partial charge in [0.1, 0.15) is 17.4 Å². The third kappa shape index (κ3) is 3.99. The Morgan fingerprint density at radius 2 is 2.14 bits per heavy atom. The summed E-state index contributed by atoms with van der Waals surface area (Å²) < 4.78 is 5.95. The van der Waals surface area contributed by atoms with E-state index in [2.05, 4.69) is 10.3 Å². The first-order chi connectivity index (χ1) is 13.4. The number of rotatable bonds is 5. The number of anilines is 2. The molecule has 28 heavy (non-hydrogen) atoms. The number of fused-ring (bicyclic) bond motifs is 1. The maximum absolute atomic E-state index is 12.9. The first kappa shape index (κ1) is 20.2. The molecule has 1 N–H and O–H groups in total. The van der Waals surface area contributed by atoms with E-state index >= 15 is 0 Å². The van der Waals surface area contributed by atoms with Crippen LogP contribution in [0.1, 0.15) is 37.6 Å². The number of carbonyl (C=O) groups excluding carboxylic acids is 2. The van der Waals surface area contributed by atoms with Crippen LogP contribution in [0.4, 0.5) is 11.4 Å². The predicted octanol–water partition coefficient (Wildman–Crippen LogP) is 4.22. The number of nitrogens with zero attached hydrogens (tertiary/aromatic N) is 2. The van der Waals surface area contributed by atoms with E-state index in [0.717, 1.165) is 12.1 Å². The molecule has 7 heteroatoms. The van der Waals surface area contributed by atoms with Crippen molar-refractivity contribution < 1.29 is 14.3 Å². The van der Waals surface area contributed by atoms with Gasteiger partial charge in [0.05, 0.1) is 16.7 Å². The molecule has 0 fully saturated rings. The number of pyridine rings is 1. The van der Waals surface area contributed by atoms with Crippen LogP contribution in [-0.4, -0.2) is 36.2 Å². The second-order valence-corrected chi connectivity index (χ2v) is 8.12. The van der Waals surface area contributed by atoms with E-state index in [-0.39, 0.29) is 18.4 Å². The third-order valence-corrected chi connectivity index (χ3v) is 5.29. The standard InChI is InChI=1S/C21H25N3O3S/c1-5-11-24-16-9-8-14(12-17(16)27-13-21(2,3)20(24)26)23-18(25)15-7-6-10-22-19(15)28-4/h6-10,12H,5,11,13H2,1-4H3,(H,23,25). The molecule has 1 aromatic carbocycles. The summed E-state index contributed by atoms with van der Waals surface area (Å²) in [6, 6.07) is 8.89. The smallest absolute Gasteiger partial charge is 0.258 e. The highest BCUT2D eigenvalue weighted by Crippen LogP contribution is 2.38. The lowest BCUT2D eigenvalue weighted by Crippen LogP contribution is -2.42. The molecule has 2 heterocycles. The molecule has 0 bridgehead atoms. The van der Waals surface area contributed by atoms with Gasteiger partial charge < -0.3 is 15.0 Å². The number of nitrogens with one attached hydrogen (secondary N) is 1. The zero-order valence-electron chi connectivity index (χ0n) is 16.6. The summed E-state index contributed by atoms with van der Waals surface area (Å²) in [5.41, 5.74) is 1.26. The van der Waals surface area contributed by atoms with E-state index in [9.17, 15) is 9.59 Å². The third-order valence-electron chi connectivity index (χ3n) is 4.58. The summed E-state index contributed by atoms with van der Waals surface area (Å²) in [4.78, 5) is 31.6. The minimum absolute atomic E-state index is 0.0462. The molecule has 0 radical (unpaired) electrons. The second-order valence-electron chi connectivity index (χ2n) is 7.33. The zero-order chi connectivity index (χ0) is 20.3. The number of thioether (sulfide) groups is 1. The van der Waals surface area contributed by atoms with E-state index in [4.69, 9.17) is 4.74 Å². The fourth-order valence-electron chi connectivity index (χ4n) is 3.10. The Morgan fingerprint density at radius 3 is 2.86 bits per heavy atom. The summed E-state index contributed by atoms with van der Waals surface area (Å²) in [6.07, 6.45) is 4.40. The molecule has 2 amide bonds. The highest BCUT2D eigenvalue weighted by Gasteiger charge is 2.37. The zero-order valence-corrected chi connectivity index (χ0v) is 17.4. The molecule has 3 rings (SSSR count). The van der Waals surface area contributed by atoms with Crippen LogP contribution in [0.2, 0.25) is 0 Å². The summed E-state index contributed by atoms with van der Waals surface area (Å²) in [7, 11) is 0. The first-order valence-electron chi connectivity index (χ1n) is 9.26. The van der Waals surface area contributed by atoms with Crippen LogP contribution in [0.5, 0.6) is 5.75 Å². The lowest BCUT2D eigenvalue weighted by Gasteiger charge is -2.27. The van der Waals surface area contributed by atoms with Gasteiger partial charge in [0.2, 0.25) is 5.91 Å². The highest BCUT2D eigenvalue weighted by atomic mass is 32.2. The minimum Gasteiger partial charge on any atom is -0.490 e. The first-order valence-corrected chi connectivity index (χ1v) is 10.5. The molecule has 0 spiro atoms. The minimum atomic E-state index is -0.611. The lowest BCUT2D eigenvalue weighted by molar-refractivity contribution is -0.127. The molecule has 6 nitrogen and oxygen atoms in total. The largest absolute Gasteiger partial charge is 0.490 e. The Kier molecular flexibility index (Phi) is 5.93. The molecule has 1 aliphatic heterocycles. The van der Waals surface area contributed by atoms with Gasteiger partial charge in [-0.15, -0.1) is 11.8 Å². The molecule has 148 valence electrons. The van der Waals surface area contributed by atoms with Crippen LogP contribution >= 0.6 is 11.8 Å². The normalized spacial score (nSPS) is 15.4.